The molecule has 19 heavy (non-hydrogen) atoms. The second-order valence-electron chi connectivity index (χ2n) is 3.00. The van der Waals surface area contributed by atoms with Crippen LogP contribution in [0.3, 0.4) is 0 Å². The molecule has 0 saturated carbocycles. The van der Waals surface area contributed by atoms with Gasteiger partial charge in [-0.15, -0.1) is 5.75 Å². The van der Waals surface area contributed by atoms with Crippen LogP contribution in [0.2, 0.25) is 0 Å². The Morgan fingerprint density at radius 2 is 1.26 bits per heavy atom. The van der Waals surface area contributed by atoms with Gasteiger partial charge >= 0.3 is 0 Å². The van der Waals surface area contributed by atoms with Crippen molar-refractivity contribution in [2.45, 2.75) is 0 Å². The maximum absolute atomic E-state index is 9.83. The average molecular weight is 443 g/mol. The Hall–Kier alpha value is -0.892. The predicted octanol–water partition coefficient (Wildman–Crippen LogP) is 2.07. The van der Waals surface area contributed by atoms with Crippen molar-refractivity contribution in [1.82, 2.24) is 0 Å². The fourth-order valence-electron chi connectivity index (χ4n) is 0.729. The van der Waals surface area contributed by atoms with Gasteiger partial charge in [0.15, 0.2) is 0 Å². The fraction of sp³-hybridized carbons (Fsp3) is 0.133. The van der Waals surface area contributed by atoms with E-state index in [0.29, 0.717) is 0 Å². The van der Waals surface area contributed by atoms with E-state index in [1.54, 1.807) is 0 Å². The van der Waals surface area contributed by atoms with Crippen molar-refractivity contribution < 1.29 is 31.0 Å². The molecule has 0 bridgehead atoms. The number of aliphatic hydroxyl groups excluding tert-OH is 1. The van der Waals surface area contributed by atoms with Gasteiger partial charge < -0.3 is 17.7 Å². The largest absolute Gasteiger partial charge is 0.785 e. The van der Waals surface area contributed by atoms with Crippen molar-refractivity contribution in [2.24, 2.45) is 0 Å². The molecule has 2 nitrogen and oxygen atoms in total. The maximum Gasteiger partial charge on any atom is 0.134 e. The average Bonchev–Trinajstić information content (AvgIpc) is 2.51. The molecule has 0 unspecified atom stereocenters. The first-order chi connectivity index (χ1) is 8.81. The summed E-state index contributed by atoms with van der Waals surface area (Å²) in [5, 5.41) is 7.92. The Morgan fingerprint density at radius 1 is 0.895 bits per heavy atom. The number of hydrogen-bond donors (Lipinski definition) is 1. The van der Waals surface area contributed by atoms with Gasteiger partial charge in [0.2, 0.25) is 0 Å². The normalized spacial score (nSPS) is 7.68. The third-order valence-corrected chi connectivity index (χ3v) is 1.87. The van der Waals surface area contributed by atoms with Crippen LogP contribution in [0.15, 0.2) is 60.7 Å². The van der Waals surface area contributed by atoms with Crippen LogP contribution in [-0.4, -0.2) is 23.2 Å². The van der Waals surface area contributed by atoms with Gasteiger partial charge in [-0.2, -0.15) is 72.8 Å². The van der Waals surface area contributed by atoms with E-state index in [1.165, 1.54) is 0 Å². The Balaban J connectivity index is 0. The standard InChI is InChI=1S/2C6H5.C3H6O2S.W/c2*1-2-4-6-5-3-1;4-1-3(5)2-6;/h2*1-5H;4,6H,1-2H2;/q2*-1;;/p-1. The summed E-state index contributed by atoms with van der Waals surface area (Å²) in [6.45, 7) is -0.413. The van der Waals surface area contributed by atoms with E-state index in [4.69, 9.17) is 5.11 Å². The molecule has 0 aliphatic heterocycles. The SMILES string of the molecule is O=C(CO)C[S-].[W].[c-]1ccccc1.[c-]1ccccc1. The van der Waals surface area contributed by atoms with Crippen molar-refractivity contribution in [3.05, 3.63) is 72.8 Å². The number of rotatable bonds is 2. The van der Waals surface area contributed by atoms with Crippen LogP contribution >= 0.6 is 0 Å². The number of benzene rings is 2. The molecule has 0 aromatic heterocycles. The summed E-state index contributed by atoms with van der Waals surface area (Å²) in [6, 6.07) is 25.0. The van der Waals surface area contributed by atoms with Crippen LogP contribution in [-0.2, 0) is 38.5 Å². The van der Waals surface area contributed by atoms with Crippen LogP contribution in [0, 0.1) is 12.1 Å². The van der Waals surface area contributed by atoms with Gasteiger partial charge in [0, 0.05) is 21.1 Å². The summed E-state index contributed by atoms with van der Waals surface area (Å²) >= 11 is 4.26. The van der Waals surface area contributed by atoms with Crippen LogP contribution in [0.1, 0.15) is 0 Å². The first-order valence-electron chi connectivity index (χ1n) is 5.34. The molecule has 1 N–H and O–H groups in total. The molecular formula is C15H15O2SW-3. The minimum atomic E-state index is -0.413. The summed E-state index contributed by atoms with van der Waals surface area (Å²) in [5.41, 5.74) is 0. The predicted molar refractivity (Wildman–Crippen MR) is 74.9 cm³/mol. The van der Waals surface area contributed by atoms with E-state index >= 15 is 0 Å². The van der Waals surface area contributed by atoms with Gasteiger partial charge in [0.25, 0.3) is 0 Å². The maximum atomic E-state index is 9.83. The monoisotopic (exact) mass is 443 g/mol. The second-order valence-corrected chi connectivity index (χ2v) is 3.28. The van der Waals surface area contributed by atoms with Crippen molar-refractivity contribution in [3.63, 3.8) is 0 Å². The molecule has 0 aliphatic rings. The smallest absolute Gasteiger partial charge is 0.134 e. The molecular weight excluding hydrogens is 428 g/mol. The molecule has 0 amide bonds. The zero-order chi connectivity index (χ0) is 13.5. The number of hydrogen-bond acceptors (Lipinski definition) is 3. The zero-order valence-corrected chi connectivity index (χ0v) is 14.1. The van der Waals surface area contributed by atoms with Crippen LogP contribution < -0.4 is 0 Å². The van der Waals surface area contributed by atoms with Gasteiger partial charge in [-0.25, -0.2) is 0 Å². The van der Waals surface area contributed by atoms with Gasteiger partial charge in [-0.3, -0.25) is 4.79 Å². The van der Waals surface area contributed by atoms with Crippen LogP contribution in [0.4, 0.5) is 0 Å². The van der Waals surface area contributed by atoms with Crippen molar-refractivity contribution >= 4 is 18.4 Å². The fourth-order valence-corrected chi connectivity index (χ4v) is 0.821. The van der Waals surface area contributed by atoms with Gasteiger partial charge in [-0.1, -0.05) is 0 Å². The summed E-state index contributed by atoms with van der Waals surface area (Å²) < 4.78 is 0. The van der Waals surface area contributed by atoms with E-state index in [2.05, 4.69) is 24.8 Å². The molecule has 2 aromatic carbocycles. The molecule has 0 heterocycles. The third-order valence-electron chi connectivity index (χ3n) is 1.55. The van der Waals surface area contributed by atoms with Crippen molar-refractivity contribution in [3.8, 4) is 0 Å². The Bertz CT molecular complexity index is 291. The molecule has 2 rings (SSSR count). The van der Waals surface area contributed by atoms with Gasteiger partial charge in [0.1, 0.15) is 5.78 Å². The van der Waals surface area contributed by atoms with E-state index in [1.807, 2.05) is 60.7 Å². The molecule has 0 spiro atoms. The summed E-state index contributed by atoms with van der Waals surface area (Å²) in [5.74, 6) is -0.263. The number of carbonyl (C=O) groups is 1. The molecule has 0 fully saturated rings. The number of aliphatic hydroxyl groups is 1. The van der Waals surface area contributed by atoms with Crippen LogP contribution in [0.25, 0.3) is 0 Å². The van der Waals surface area contributed by atoms with E-state index < -0.39 is 6.61 Å². The number of ketones is 1. The number of Topliss-reactive ketones (excluding diaryl/α,β-unsaturated/α-hetero) is 1. The Morgan fingerprint density at radius 3 is 1.32 bits per heavy atom. The van der Waals surface area contributed by atoms with E-state index in [-0.39, 0.29) is 32.6 Å². The molecule has 0 saturated heterocycles. The molecule has 0 aliphatic carbocycles. The molecule has 2 aromatic rings. The number of carbonyl (C=O) groups excluding carboxylic acids is 1. The zero-order valence-electron chi connectivity index (χ0n) is 10.4. The van der Waals surface area contributed by atoms with Gasteiger partial charge in [0.05, 0.1) is 6.61 Å². The van der Waals surface area contributed by atoms with Gasteiger partial charge in [-0.05, 0) is 0 Å². The first-order valence-corrected chi connectivity index (χ1v) is 5.91. The summed E-state index contributed by atoms with van der Waals surface area (Å²) in [4.78, 5) is 9.83. The molecule has 4 heteroatoms. The first kappa shape index (κ1) is 20.4. The van der Waals surface area contributed by atoms with Crippen molar-refractivity contribution in [1.29, 1.82) is 0 Å². The van der Waals surface area contributed by atoms with Crippen LogP contribution in [0.5, 0.6) is 0 Å². The Kier molecular flexibility index (Phi) is 18.4. The molecule has 0 radical (unpaired) electrons. The van der Waals surface area contributed by atoms with E-state index in [0.717, 1.165) is 0 Å². The minimum absolute atomic E-state index is 0. The molecule has 0 atom stereocenters. The van der Waals surface area contributed by atoms with E-state index in [9.17, 15) is 4.79 Å². The quantitative estimate of drug-likeness (QED) is 0.571. The third kappa shape index (κ3) is 17.1. The molecule has 102 valence electrons. The van der Waals surface area contributed by atoms with Crippen molar-refractivity contribution in [2.75, 3.05) is 12.4 Å². The topological polar surface area (TPSA) is 37.3 Å². The minimum Gasteiger partial charge on any atom is -0.785 e. The summed E-state index contributed by atoms with van der Waals surface area (Å²) in [7, 11) is 0. The Labute approximate surface area is 134 Å². The second kappa shape index (κ2) is 17.1. The summed E-state index contributed by atoms with van der Waals surface area (Å²) in [6.07, 6.45) is 0.